The molecule has 0 aliphatic rings. The summed E-state index contributed by atoms with van der Waals surface area (Å²) in [5, 5.41) is 10.8. The van der Waals surface area contributed by atoms with Gasteiger partial charge in [0.2, 0.25) is 0 Å². The first-order valence-electron chi connectivity index (χ1n) is 6.24. The van der Waals surface area contributed by atoms with E-state index in [1.165, 1.54) is 35.0 Å². The number of non-ortho nitro benzene ring substituents is 1. The van der Waals surface area contributed by atoms with Gasteiger partial charge in [-0.25, -0.2) is 9.18 Å². The molecule has 1 aromatic carbocycles. The number of rotatable bonds is 4. The zero-order valence-corrected chi connectivity index (χ0v) is 14.7. The Morgan fingerprint density at radius 2 is 2.05 bits per heavy atom. The van der Waals surface area contributed by atoms with E-state index in [1.807, 2.05) is 0 Å². The molecule has 0 aromatic heterocycles. The van der Waals surface area contributed by atoms with Crippen molar-refractivity contribution in [2.75, 3.05) is 7.05 Å². The van der Waals surface area contributed by atoms with Crippen LogP contribution in [0.3, 0.4) is 0 Å². The first kappa shape index (κ1) is 18.4. The molecule has 0 saturated carbocycles. The maximum absolute atomic E-state index is 13.8. The molecule has 122 valence electrons. The maximum Gasteiger partial charge on any atom is 0.410 e. The van der Waals surface area contributed by atoms with Crippen LogP contribution in [0, 0.1) is 15.9 Å². The predicted molar refractivity (Wildman–Crippen MR) is 85.4 cm³/mol. The van der Waals surface area contributed by atoms with Crippen LogP contribution in [0.2, 0.25) is 0 Å². The van der Waals surface area contributed by atoms with Gasteiger partial charge >= 0.3 is 6.09 Å². The summed E-state index contributed by atoms with van der Waals surface area (Å²) in [7, 11) is 1.45. The summed E-state index contributed by atoms with van der Waals surface area (Å²) in [6.45, 7) is 5.05. The predicted octanol–water partition coefficient (Wildman–Crippen LogP) is 3.83. The van der Waals surface area contributed by atoms with Gasteiger partial charge in [0.25, 0.3) is 5.69 Å². The highest BCUT2D eigenvalue weighted by Crippen LogP contribution is 2.30. The summed E-state index contributed by atoms with van der Waals surface area (Å²) in [5.41, 5.74) is -0.918. The van der Waals surface area contributed by atoms with E-state index in [-0.39, 0.29) is 17.9 Å². The summed E-state index contributed by atoms with van der Waals surface area (Å²) < 4.78 is 23.9. The van der Waals surface area contributed by atoms with Crippen molar-refractivity contribution in [1.29, 1.82) is 0 Å². The fourth-order valence-electron chi connectivity index (χ4n) is 1.60. The highest BCUT2D eigenvalue weighted by atomic mass is 127. The van der Waals surface area contributed by atoms with E-state index in [1.54, 1.807) is 20.8 Å². The Balaban J connectivity index is 3.05. The molecule has 9 heteroatoms. The molecule has 22 heavy (non-hydrogen) atoms. The van der Waals surface area contributed by atoms with Crippen molar-refractivity contribution in [3.05, 3.63) is 33.6 Å². The molecule has 0 bridgehead atoms. The number of hydrogen-bond acceptors (Lipinski definition) is 5. The van der Waals surface area contributed by atoms with E-state index in [0.29, 0.717) is 0 Å². The van der Waals surface area contributed by atoms with Crippen LogP contribution in [-0.4, -0.2) is 28.6 Å². The van der Waals surface area contributed by atoms with Gasteiger partial charge < -0.3 is 12.7 Å². The van der Waals surface area contributed by atoms with Gasteiger partial charge in [-0.1, -0.05) is 0 Å². The van der Waals surface area contributed by atoms with E-state index in [4.69, 9.17) is 7.80 Å². The summed E-state index contributed by atoms with van der Waals surface area (Å²) in [5.74, 6) is -1.02. The normalized spacial score (nSPS) is 11.0. The first-order chi connectivity index (χ1) is 10.0. The van der Waals surface area contributed by atoms with Crippen LogP contribution in [0.25, 0.3) is 0 Å². The van der Waals surface area contributed by atoms with Gasteiger partial charge in [-0.2, -0.15) is 0 Å². The summed E-state index contributed by atoms with van der Waals surface area (Å²) in [4.78, 5) is 23.2. The number of carbonyl (C=O) groups is 1. The lowest BCUT2D eigenvalue weighted by Crippen LogP contribution is -2.33. The Morgan fingerprint density at radius 1 is 1.45 bits per heavy atom. The molecule has 0 unspecified atom stereocenters. The third-order valence-electron chi connectivity index (χ3n) is 2.51. The Bertz CT molecular complexity index is 589. The van der Waals surface area contributed by atoms with Crippen LogP contribution in [0.15, 0.2) is 12.1 Å². The van der Waals surface area contributed by atoms with E-state index >= 15 is 0 Å². The topological polar surface area (TPSA) is 81.9 Å². The smallest absolute Gasteiger partial charge is 0.410 e. The number of nitro groups is 1. The molecule has 0 radical (unpaired) electrons. The number of carbonyl (C=O) groups excluding carboxylic acids is 1. The summed E-state index contributed by atoms with van der Waals surface area (Å²) >= 11 is 1.48. The standard InChI is InChI=1S/C13H16FIN2O5/c1-13(2,3)21-12(18)16(4)7-8-5-9(17(19)20)6-10(14)11(8)22-15/h5-6H,7H2,1-4H3. The molecular weight excluding hydrogens is 410 g/mol. The van der Waals surface area contributed by atoms with Crippen LogP contribution in [0.5, 0.6) is 5.75 Å². The Hall–Kier alpha value is -1.65. The van der Waals surface area contributed by atoms with Crippen LogP contribution in [0.1, 0.15) is 26.3 Å². The van der Waals surface area contributed by atoms with Gasteiger partial charge in [-0.05, 0) is 20.8 Å². The van der Waals surface area contributed by atoms with Gasteiger partial charge in [0.1, 0.15) is 5.60 Å². The maximum atomic E-state index is 13.8. The van der Waals surface area contributed by atoms with E-state index in [9.17, 15) is 19.3 Å². The Morgan fingerprint density at radius 3 is 2.50 bits per heavy atom. The highest BCUT2D eigenvalue weighted by Gasteiger charge is 2.23. The number of hydrogen-bond donors (Lipinski definition) is 0. The second-order valence-corrected chi connectivity index (χ2v) is 6.03. The lowest BCUT2D eigenvalue weighted by Gasteiger charge is -2.25. The van der Waals surface area contributed by atoms with Crippen molar-refractivity contribution in [1.82, 2.24) is 4.90 Å². The molecule has 1 rings (SSSR count). The number of benzene rings is 1. The average molecular weight is 426 g/mol. The van der Waals surface area contributed by atoms with E-state index in [2.05, 4.69) is 0 Å². The molecule has 0 atom stereocenters. The Labute approximate surface area is 141 Å². The monoisotopic (exact) mass is 426 g/mol. The molecule has 0 saturated heterocycles. The van der Waals surface area contributed by atoms with E-state index in [0.717, 1.165) is 12.1 Å². The molecule has 0 heterocycles. The van der Waals surface area contributed by atoms with Crippen molar-refractivity contribution < 1.29 is 21.9 Å². The SMILES string of the molecule is CN(Cc1cc([N+](=O)[O-])cc(F)c1OI)C(=O)OC(C)(C)C. The second kappa shape index (κ2) is 7.07. The minimum atomic E-state index is -0.865. The largest absolute Gasteiger partial charge is 0.444 e. The zero-order chi connectivity index (χ0) is 17.1. The third-order valence-corrected chi connectivity index (χ3v) is 2.95. The number of ether oxygens (including phenoxy) is 1. The van der Waals surface area contributed by atoms with Crippen molar-refractivity contribution in [3.63, 3.8) is 0 Å². The van der Waals surface area contributed by atoms with Crippen LogP contribution in [-0.2, 0) is 11.3 Å². The molecule has 1 amide bonds. The number of halogens is 2. The summed E-state index contributed by atoms with van der Waals surface area (Å²) in [6, 6.07) is 1.93. The Kier molecular flexibility index (Phi) is 5.92. The van der Waals surface area contributed by atoms with Crippen molar-refractivity contribution in [2.45, 2.75) is 32.9 Å². The molecule has 0 N–H and O–H groups in total. The molecule has 0 aliphatic carbocycles. The number of nitrogens with zero attached hydrogens (tertiary/aromatic N) is 2. The lowest BCUT2D eigenvalue weighted by molar-refractivity contribution is -0.385. The molecule has 0 fully saturated rings. The fourth-order valence-corrected chi connectivity index (χ4v) is 2.10. The van der Waals surface area contributed by atoms with Gasteiger partial charge in [0.05, 0.1) is 17.5 Å². The van der Waals surface area contributed by atoms with Crippen LogP contribution >= 0.6 is 23.0 Å². The van der Waals surface area contributed by atoms with Gasteiger partial charge in [-0.3, -0.25) is 10.1 Å². The van der Waals surface area contributed by atoms with Gasteiger partial charge in [0, 0.05) is 18.7 Å². The molecule has 1 aromatic rings. The molecule has 0 spiro atoms. The lowest BCUT2D eigenvalue weighted by atomic mass is 10.1. The highest BCUT2D eigenvalue weighted by molar-refractivity contribution is 14.1. The van der Waals surface area contributed by atoms with E-state index < -0.39 is 28.1 Å². The van der Waals surface area contributed by atoms with Crippen molar-refractivity contribution in [2.24, 2.45) is 0 Å². The van der Waals surface area contributed by atoms with Gasteiger partial charge in [0.15, 0.2) is 34.6 Å². The van der Waals surface area contributed by atoms with Crippen molar-refractivity contribution >= 4 is 34.8 Å². The quantitative estimate of drug-likeness (QED) is 0.415. The minimum Gasteiger partial charge on any atom is -0.444 e. The van der Waals surface area contributed by atoms with Gasteiger partial charge in [-0.15, -0.1) is 0 Å². The fraction of sp³-hybridized carbons (Fsp3) is 0.462. The molecule has 7 nitrogen and oxygen atoms in total. The molecule has 0 aliphatic heterocycles. The first-order valence-corrected chi connectivity index (χ1v) is 7.12. The second-order valence-electron chi connectivity index (χ2n) is 5.59. The zero-order valence-electron chi connectivity index (χ0n) is 12.6. The van der Waals surface area contributed by atoms with Crippen LogP contribution < -0.4 is 3.07 Å². The number of nitro benzene ring substituents is 1. The van der Waals surface area contributed by atoms with Crippen LogP contribution in [0.4, 0.5) is 14.9 Å². The minimum absolute atomic E-state index is 0.0914. The summed E-state index contributed by atoms with van der Waals surface area (Å²) in [6.07, 6.45) is -0.626. The number of amides is 1. The average Bonchev–Trinajstić information content (AvgIpc) is 2.36. The molecular formula is C13H16FIN2O5. The van der Waals surface area contributed by atoms with Crippen molar-refractivity contribution in [3.8, 4) is 5.75 Å². The third kappa shape index (κ3) is 4.97.